The number of hydrogen-bond acceptors (Lipinski definition) is 6. The molecule has 0 radical (unpaired) electrons. The molecule has 3 rings (SSSR count). The number of aromatic nitrogens is 3. The molecule has 0 amide bonds. The molecule has 1 fully saturated rings. The van der Waals surface area contributed by atoms with Crippen LogP contribution < -0.4 is 5.32 Å². The molecule has 6 heteroatoms. The molecule has 0 bridgehead atoms. The summed E-state index contributed by atoms with van der Waals surface area (Å²) in [4.78, 5) is 12.9. The molecule has 0 aromatic carbocycles. The lowest BCUT2D eigenvalue weighted by Gasteiger charge is -2.07. The van der Waals surface area contributed by atoms with E-state index >= 15 is 0 Å². The van der Waals surface area contributed by atoms with E-state index in [2.05, 4.69) is 25.6 Å². The van der Waals surface area contributed by atoms with Gasteiger partial charge in [-0.15, -0.1) is 11.3 Å². The Bertz CT molecular complexity index is 496. The molecule has 1 aliphatic heterocycles. The van der Waals surface area contributed by atoms with Crippen LogP contribution in [-0.4, -0.2) is 34.2 Å². The fourth-order valence-corrected chi connectivity index (χ4v) is 2.64. The second-order valence-electron chi connectivity index (χ2n) is 4.18. The van der Waals surface area contributed by atoms with Crippen LogP contribution in [0.3, 0.4) is 0 Å². The summed E-state index contributed by atoms with van der Waals surface area (Å²) in [6.07, 6.45) is 6.17. The van der Waals surface area contributed by atoms with Crippen LogP contribution in [0.15, 0.2) is 24.0 Å². The second-order valence-corrected chi connectivity index (χ2v) is 5.03. The molecule has 0 aliphatic carbocycles. The SMILES string of the molecule is c1cnc(-c2nc(CN[C@H]3CCOC3)cs2)cn1. The first kappa shape index (κ1) is 11.7. The molecule has 94 valence electrons. The van der Waals surface area contributed by atoms with Crippen LogP contribution in [0.25, 0.3) is 10.7 Å². The van der Waals surface area contributed by atoms with Gasteiger partial charge in [0, 0.05) is 37.0 Å². The summed E-state index contributed by atoms with van der Waals surface area (Å²) in [5, 5.41) is 6.43. The summed E-state index contributed by atoms with van der Waals surface area (Å²) < 4.78 is 5.32. The normalized spacial score (nSPS) is 19.2. The zero-order valence-corrected chi connectivity index (χ0v) is 10.7. The Morgan fingerprint density at radius 3 is 3.22 bits per heavy atom. The van der Waals surface area contributed by atoms with Crippen molar-refractivity contribution in [2.45, 2.75) is 19.0 Å². The van der Waals surface area contributed by atoms with Crippen molar-refractivity contribution in [3.8, 4) is 10.7 Å². The van der Waals surface area contributed by atoms with Gasteiger partial charge in [-0.05, 0) is 6.42 Å². The van der Waals surface area contributed by atoms with Gasteiger partial charge in [0.15, 0.2) is 0 Å². The van der Waals surface area contributed by atoms with Crippen molar-refractivity contribution in [3.05, 3.63) is 29.7 Å². The van der Waals surface area contributed by atoms with Crippen LogP contribution in [0.2, 0.25) is 0 Å². The van der Waals surface area contributed by atoms with Crippen LogP contribution in [0.5, 0.6) is 0 Å². The molecule has 1 atom stereocenters. The van der Waals surface area contributed by atoms with Crippen LogP contribution in [0.1, 0.15) is 12.1 Å². The minimum atomic E-state index is 0.465. The number of rotatable bonds is 4. The molecule has 0 unspecified atom stereocenters. The van der Waals surface area contributed by atoms with Gasteiger partial charge in [-0.2, -0.15) is 0 Å². The fraction of sp³-hybridized carbons (Fsp3) is 0.417. The van der Waals surface area contributed by atoms with Gasteiger partial charge in [0.1, 0.15) is 10.7 Å². The van der Waals surface area contributed by atoms with Crippen molar-refractivity contribution in [1.29, 1.82) is 0 Å². The zero-order chi connectivity index (χ0) is 12.2. The Balaban J connectivity index is 1.63. The highest BCUT2D eigenvalue weighted by atomic mass is 32.1. The maximum atomic E-state index is 5.32. The first-order valence-corrected chi connectivity index (χ1v) is 6.82. The largest absolute Gasteiger partial charge is 0.380 e. The summed E-state index contributed by atoms with van der Waals surface area (Å²) in [6, 6.07) is 0.465. The monoisotopic (exact) mass is 262 g/mol. The highest BCUT2D eigenvalue weighted by Crippen LogP contribution is 2.20. The predicted molar refractivity (Wildman–Crippen MR) is 69.2 cm³/mol. The van der Waals surface area contributed by atoms with Crippen molar-refractivity contribution in [2.24, 2.45) is 0 Å². The quantitative estimate of drug-likeness (QED) is 0.904. The molecule has 1 N–H and O–H groups in total. The minimum Gasteiger partial charge on any atom is -0.380 e. The van der Waals surface area contributed by atoms with Crippen LogP contribution in [-0.2, 0) is 11.3 Å². The molecule has 1 saturated heterocycles. The molecular formula is C12H14N4OS. The Hall–Kier alpha value is -1.37. The van der Waals surface area contributed by atoms with Gasteiger partial charge in [-0.1, -0.05) is 0 Å². The Kier molecular flexibility index (Phi) is 3.59. The van der Waals surface area contributed by atoms with E-state index in [4.69, 9.17) is 4.74 Å². The van der Waals surface area contributed by atoms with Crippen molar-refractivity contribution < 1.29 is 4.74 Å². The number of thiazole rings is 1. The molecule has 0 spiro atoms. The van der Waals surface area contributed by atoms with E-state index in [0.717, 1.165) is 42.6 Å². The molecule has 2 aromatic rings. The predicted octanol–water partition coefficient (Wildman–Crippen LogP) is 1.48. The lowest BCUT2D eigenvalue weighted by Crippen LogP contribution is -2.28. The number of nitrogens with zero attached hydrogens (tertiary/aromatic N) is 3. The van der Waals surface area contributed by atoms with Crippen LogP contribution in [0.4, 0.5) is 0 Å². The number of hydrogen-bond donors (Lipinski definition) is 1. The average Bonchev–Trinajstić information content (AvgIpc) is 3.09. The third-order valence-electron chi connectivity index (χ3n) is 2.84. The third-order valence-corrected chi connectivity index (χ3v) is 3.75. The Morgan fingerprint density at radius 2 is 2.44 bits per heavy atom. The van der Waals surface area contributed by atoms with Crippen LogP contribution in [0, 0.1) is 0 Å². The van der Waals surface area contributed by atoms with E-state index in [9.17, 15) is 0 Å². The minimum absolute atomic E-state index is 0.465. The average molecular weight is 262 g/mol. The summed E-state index contributed by atoms with van der Waals surface area (Å²) in [6.45, 7) is 2.45. The smallest absolute Gasteiger partial charge is 0.143 e. The molecule has 2 aromatic heterocycles. The van der Waals surface area contributed by atoms with E-state index < -0.39 is 0 Å². The lowest BCUT2D eigenvalue weighted by atomic mass is 10.2. The maximum absolute atomic E-state index is 5.32. The van der Waals surface area contributed by atoms with Gasteiger partial charge < -0.3 is 10.1 Å². The zero-order valence-electron chi connectivity index (χ0n) is 9.87. The van der Waals surface area contributed by atoms with E-state index in [1.165, 1.54) is 0 Å². The standard InChI is InChI=1S/C12H14N4OS/c1-4-17-7-9(1)15-5-10-8-18-12(16-10)11-6-13-2-3-14-11/h2-3,6,8-9,15H,1,4-5,7H2/t9-/m0/s1. The van der Waals surface area contributed by atoms with Crippen molar-refractivity contribution in [3.63, 3.8) is 0 Å². The van der Waals surface area contributed by atoms with E-state index in [-0.39, 0.29) is 0 Å². The molecule has 3 heterocycles. The third kappa shape index (κ3) is 2.72. The van der Waals surface area contributed by atoms with Crippen LogP contribution >= 0.6 is 11.3 Å². The van der Waals surface area contributed by atoms with Gasteiger partial charge in [0.25, 0.3) is 0 Å². The highest BCUT2D eigenvalue weighted by Gasteiger charge is 2.15. The molecule has 1 aliphatic rings. The van der Waals surface area contributed by atoms with E-state index in [0.29, 0.717) is 6.04 Å². The topological polar surface area (TPSA) is 59.9 Å². The van der Waals surface area contributed by atoms with Gasteiger partial charge in [0.2, 0.25) is 0 Å². The number of nitrogens with one attached hydrogen (secondary N) is 1. The molecule has 18 heavy (non-hydrogen) atoms. The van der Waals surface area contributed by atoms with Gasteiger partial charge >= 0.3 is 0 Å². The summed E-state index contributed by atoms with van der Waals surface area (Å²) in [5.41, 5.74) is 1.88. The van der Waals surface area contributed by atoms with E-state index in [1.54, 1.807) is 29.9 Å². The van der Waals surface area contributed by atoms with Crippen molar-refractivity contribution >= 4 is 11.3 Å². The maximum Gasteiger partial charge on any atom is 0.143 e. The van der Waals surface area contributed by atoms with Gasteiger partial charge in [-0.25, -0.2) is 4.98 Å². The first-order valence-electron chi connectivity index (χ1n) is 5.94. The first-order chi connectivity index (χ1) is 8.92. The lowest BCUT2D eigenvalue weighted by molar-refractivity contribution is 0.189. The molecule has 0 saturated carbocycles. The van der Waals surface area contributed by atoms with Crippen molar-refractivity contribution in [2.75, 3.05) is 13.2 Å². The Morgan fingerprint density at radius 1 is 1.44 bits per heavy atom. The van der Waals surface area contributed by atoms with Gasteiger partial charge in [-0.3, -0.25) is 9.97 Å². The summed E-state index contributed by atoms with van der Waals surface area (Å²) in [5.74, 6) is 0. The van der Waals surface area contributed by atoms with Crippen molar-refractivity contribution in [1.82, 2.24) is 20.3 Å². The highest BCUT2D eigenvalue weighted by molar-refractivity contribution is 7.13. The molecule has 5 nitrogen and oxygen atoms in total. The summed E-state index contributed by atoms with van der Waals surface area (Å²) in [7, 11) is 0. The Labute approximate surface area is 109 Å². The van der Waals surface area contributed by atoms with E-state index in [1.807, 2.05) is 0 Å². The molecular weight excluding hydrogens is 248 g/mol. The van der Waals surface area contributed by atoms with Gasteiger partial charge in [0.05, 0.1) is 18.5 Å². The summed E-state index contributed by atoms with van der Waals surface area (Å²) >= 11 is 1.60. The number of ether oxygens (including phenoxy) is 1. The fourth-order valence-electron chi connectivity index (χ4n) is 1.86. The second kappa shape index (κ2) is 5.51.